The molecule has 1 amide bonds. The molecular weight excluding hydrogens is 354 g/mol. The lowest BCUT2D eigenvalue weighted by Crippen LogP contribution is -2.36. The summed E-state index contributed by atoms with van der Waals surface area (Å²) in [5.41, 5.74) is 1.33. The van der Waals surface area contributed by atoms with Gasteiger partial charge in [0, 0.05) is 56.8 Å². The standard InChI is InChI=1S/C18H18F2N6O/c1-11(27)24-16-6-13-12(8-21-16)14(25-4-3-5-25)9-26(13)17-7-15(18(2,19)20)22-10-23-17/h6-10H,3-5H2,1-2H3,(H,21,24,27). The van der Waals surface area contributed by atoms with E-state index in [1.54, 1.807) is 16.8 Å². The summed E-state index contributed by atoms with van der Waals surface area (Å²) < 4.78 is 29.1. The second-order valence-corrected chi connectivity index (χ2v) is 6.64. The van der Waals surface area contributed by atoms with Crippen LogP contribution < -0.4 is 10.2 Å². The molecule has 4 heterocycles. The SMILES string of the molecule is CC(=O)Nc1cc2c(cn1)c(N1CCC1)cn2-c1cc(C(C)(F)F)ncn1. The van der Waals surface area contributed by atoms with Gasteiger partial charge >= 0.3 is 0 Å². The molecule has 0 saturated carbocycles. The van der Waals surface area contributed by atoms with Crippen molar-refractivity contribution in [3.05, 3.63) is 36.5 Å². The number of carbonyl (C=O) groups is 1. The van der Waals surface area contributed by atoms with Gasteiger partial charge in [-0.2, -0.15) is 8.78 Å². The highest BCUT2D eigenvalue weighted by molar-refractivity contribution is 5.97. The van der Waals surface area contributed by atoms with Crippen molar-refractivity contribution >= 4 is 28.3 Å². The van der Waals surface area contributed by atoms with E-state index in [2.05, 4.69) is 25.2 Å². The van der Waals surface area contributed by atoms with Crippen LogP contribution in [0.2, 0.25) is 0 Å². The average molecular weight is 372 g/mol. The molecule has 1 aliphatic heterocycles. The number of pyridine rings is 1. The van der Waals surface area contributed by atoms with Crippen molar-refractivity contribution in [3.63, 3.8) is 0 Å². The van der Waals surface area contributed by atoms with Crippen molar-refractivity contribution in [3.8, 4) is 5.82 Å². The third kappa shape index (κ3) is 3.20. The van der Waals surface area contributed by atoms with Gasteiger partial charge in [-0.05, 0) is 6.42 Å². The highest BCUT2D eigenvalue weighted by atomic mass is 19.3. The number of carbonyl (C=O) groups excluding carboxylic acids is 1. The number of halogens is 2. The maximum absolute atomic E-state index is 13.7. The predicted octanol–water partition coefficient (Wildman–Crippen LogP) is 3.10. The summed E-state index contributed by atoms with van der Waals surface area (Å²) in [6, 6.07) is 2.99. The van der Waals surface area contributed by atoms with Crippen molar-refractivity contribution in [1.82, 2.24) is 19.5 Å². The quantitative estimate of drug-likeness (QED) is 0.762. The number of rotatable bonds is 4. The first-order valence-electron chi connectivity index (χ1n) is 8.57. The monoisotopic (exact) mass is 372 g/mol. The lowest BCUT2D eigenvalue weighted by Gasteiger charge is -2.32. The third-order valence-electron chi connectivity index (χ3n) is 4.52. The molecule has 0 bridgehead atoms. The summed E-state index contributed by atoms with van der Waals surface area (Å²) >= 11 is 0. The number of nitrogens with one attached hydrogen (secondary N) is 1. The number of hydrogen-bond donors (Lipinski definition) is 1. The molecule has 9 heteroatoms. The number of anilines is 2. The largest absolute Gasteiger partial charge is 0.370 e. The minimum atomic E-state index is -3.07. The molecule has 1 fully saturated rings. The minimum Gasteiger partial charge on any atom is -0.370 e. The molecule has 3 aromatic rings. The molecule has 0 aliphatic carbocycles. The summed E-state index contributed by atoms with van der Waals surface area (Å²) in [5, 5.41) is 3.52. The van der Waals surface area contributed by atoms with Crippen LogP contribution in [-0.4, -0.2) is 38.5 Å². The van der Waals surface area contributed by atoms with Gasteiger partial charge in [0.1, 0.15) is 23.7 Å². The Kier molecular flexibility index (Phi) is 4.01. The Labute approximate surface area is 154 Å². The van der Waals surface area contributed by atoms with Crippen LogP contribution >= 0.6 is 0 Å². The van der Waals surface area contributed by atoms with Gasteiger partial charge in [0.15, 0.2) is 0 Å². The van der Waals surface area contributed by atoms with Gasteiger partial charge in [-0.15, -0.1) is 0 Å². The van der Waals surface area contributed by atoms with Gasteiger partial charge in [0.25, 0.3) is 5.92 Å². The van der Waals surface area contributed by atoms with E-state index in [0.717, 1.165) is 49.4 Å². The van der Waals surface area contributed by atoms with E-state index < -0.39 is 5.92 Å². The smallest absolute Gasteiger partial charge is 0.287 e. The van der Waals surface area contributed by atoms with Crippen LogP contribution in [0.4, 0.5) is 20.3 Å². The Morgan fingerprint density at radius 2 is 2.00 bits per heavy atom. The molecule has 0 radical (unpaired) electrons. The van der Waals surface area contributed by atoms with E-state index in [9.17, 15) is 13.6 Å². The molecule has 27 heavy (non-hydrogen) atoms. The van der Waals surface area contributed by atoms with E-state index in [-0.39, 0.29) is 11.6 Å². The van der Waals surface area contributed by atoms with Crippen LogP contribution in [0.3, 0.4) is 0 Å². The first-order chi connectivity index (χ1) is 12.8. The fraction of sp³-hybridized carbons (Fsp3) is 0.333. The van der Waals surface area contributed by atoms with Crippen molar-refractivity contribution in [2.24, 2.45) is 0 Å². The maximum atomic E-state index is 13.7. The zero-order valence-corrected chi connectivity index (χ0v) is 14.9. The van der Waals surface area contributed by atoms with E-state index in [4.69, 9.17) is 0 Å². The van der Waals surface area contributed by atoms with Crippen molar-refractivity contribution < 1.29 is 13.6 Å². The van der Waals surface area contributed by atoms with Crippen LogP contribution in [0, 0.1) is 0 Å². The van der Waals surface area contributed by atoms with Crippen LogP contribution in [0.1, 0.15) is 26.0 Å². The molecular formula is C18H18F2N6O. The summed E-state index contributed by atoms with van der Waals surface area (Å²) in [6.07, 6.45) is 5.78. The molecule has 4 rings (SSSR count). The molecule has 0 aromatic carbocycles. The van der Waals surface area contributed by atoms with Crippen molar-refractivity contribution in [2.75, 3.05) is 23.3 Å². The van der Waals surface area contributed by atoms with Gasteiger partial charge in [-0.3, -0.25) is 9.36 Å². The molecule has 0 spiro atoms. The molecule has 1 N–H and O–H groups in total. The zero-order chi connectivity index (χ0) is 19.2. The molecule has 0 unspecified atom stereocenters. The summed E-state index contributed by atoms with van der Waals surface area (Å²) in [7, 11) is 0. The Morgan fingerprint density at radius 1 is 1.22 bits per heavy atom. The molecule has 3 aromatic heterocycles. The van der Waals surface area contributed by atoms with Crippen LogP contribution in [0.5, 0.6) is 0 Å². The highest BCUT2D eigenvalue weighted by Crippen LogP contribution is 2.35. The Balaban J connectivity index is 1.89. The second kappa shape index (κ2) is 6.26. The summed E-state index contributed by atoms with van der Waals surface area (Å²) in [5.74, 6) is -2.58. The second-order valence-electron chi connectivity index (χ2n) is 6.64. The first-order valence-corrected chi connectivity index (χ1v) is 8.57. The van der Waals surface area contributed by atoms with E-state index in [0.29, 0.717) is 11.6 Å². The summed E-state index contributed by atoms with van der Waals surface area (Å²) in [4.78, 5) is 25.7. The van der Waals surface area contributed by atoms with Crippen molar-refractivity contribution in [2.45, 2.75) is 26.2 Å². The molecule has 140 valence electrons. The highest BCUT2D eigenvalue weighted by Gasteiger charge is 2.27. The normalized spacial score (nSPS) is 14.3. The zero-order valence-electron chi connectivity index (χ0n) is 14.9. The molecule has 7 nitrogen and oxygen atoms in total. The maximum Gasteiger partial charge on any atom is 0.287 e. The van der Waals surface area contributed by atoms with Gasteiger partial charge < -0.3 is 10.2 Å². The molecule has 1 aliphatic rings. The number of alkyl halides is 2. The van der Waals surface area contributed by atoms with Crippen molar-refractivity contribution in [1.29, 1.82) is 0 Å². The fourth-order valence-corrected chi connectivity index (χ4v) is 3.07. The van der Waals surface area contributed by atoms with Crippen LogP contribution in [0.15, 0.2) is 30.9 Å². The number of fused-ring (bicyclic) bond motifs is 1. The Hall–Kier alpha value is -3.10. The lowest BCUT2D eigenvalue weighted by atomic mass is 10.2. The van der Waals surface area contributed by atoms with Gasteiger partial charge in [-0.1, -0.05) is 0 Å². The first kappa shape index (κ1) is 17.3. The fourth-order valence-electron chi connectivity index (χ4n) is 3.07. The predicted molar refractivity (Wildman–Crippen MR) is 97.4 cm³/mol. The third-order valence-corrected chi connectivity index (χ3v) is 4.52. The molecule has 0 atom stereocenters. The Morgan fingerprint density at radius 3 is 2.63 bits per heavy atom. The lowest BCUT2D eigenvalue weighted by molar-refractivity contribution is -0.114. The van der Waals surface area contributed by atoms with Gasteiger partial charge in [0.05, 0.1) is 11.2 Å². The van der Waals surface area contributed by atoms with E-state index >= 15 is 0 Å². The average Bonchev–Trinajstić information content (AvgIpc) is 2.91. The van der Waals surface area contributed by atoms with Gasteiger partial charge in [-0.25, -0.2) is 15.0 Å². The van der Waals surface area contributed by atoms with Gasteiger partial charge in [0.2, 0.25) is 5.91 Å². The number of aromatic nitrogens is 4. The van der Waals surface area contributed by atoms with Crippen LogP contribution in [-0.2, 0) is 10.7 Å². The van der Waals surface area contributed by atoms with E-state index in [1.807, 2.05) is 6.20 Å². The van der Waals surface area contributed by atoms with E-state index in [1.165, 1.54) is 13.0 Å². The number of amides is 1. The number of hydrogen-bond acceptors (Lipinski definition) is 5. The molecule has 1 saturated heterocycles. The minimum absolute atomic E-state index is 0.238. The summed E-state index contributed by atoms with van der Waals surface area (Å²) in [6.45, 7) is 4.05. The Bertz CT molecular complexity index is 1020. The topological polar surface area (TPSA) is 75.9 Å². The number of nitrogens with zero attached hydrogens (tertiary/aromatic N) is 5. The van der Waals surface area contributed by atoms with Crippen LogP contribution in [0.25, 0.3) is 16.7 Å².